The van der Waals surface area contributed by atoms with E-state index in [0.717, 1.165) is 17.4 Å². The van der Waals surface area contributed by atoms with Gasteiger partial charge in [-0.2, -0.15) is 11.3 Å². The van der Waals surface area contributed by atoms with Crippen molar-refractivity contribution in [1.29, 1.82) is 0 Å². The maximum atomic E-state index is 4.60. The van der Waals surface area contributed by atoms with Crippen LogP contribution < -0.4 is 0 Å². The molecule has 0 saturated heterocycles. The van der Waals surface area contributed by atoms with Crippen molar-refractivity contribution < 1.29 is 20.1 Å². The van der Waals surface area contributed by atoms with Gasteiger partial charge in [0, 0.05) is 43.9 Å². The summed E-state index contributed by atoms with van der Waals surface area (Å²) in [7, 11) is 0. The van der Waals surface area contributed by atoms with Crippen molar-refractivity contribution in [2.75, 3.05) is 0 Å². The Morgan fingerprint density at radius 1 is 1.04 bits per heavy atom. The summed E-state index contributed by atoms with van der Waals surface area (Å²) in [6.45, 7) is 3.12. The molecule has 2 aromatic carbocycles. The summed E-state index contributed by atoms with van der Waals surface area (Å²) in [5, 5.41) is 3.64. The van der Waals surface area contributed by atoms with Crippen molar-refractivity contribution in [1.82, 2.24) is 9.55 Å². The van der Waals surface area contributed by atoms with Gasteiger partial charge in [-0.3, -0.25) is 4.98 Å². The zero-order chi connectivity index (χ0) is 14.7. The number of thiophene rings is 1. The second-order valence-corrected chi connectivity index (χ2v) is 6.57. The first-order valence-corrected chi connectivity index (χ1v) is 8.29. The fourth-order valence-corrected chi connectivity index (χ4v) is 4.45. The van der Waals surface area contributed by atoms with Gasteiger partial charge in [0.2, 0.25) is 0 Å². The van der Waals surface area contributed by atoms with Crippen LogP contribution in [0, 0.1) is 6.07 Å². The molecule has 0 atom stereocenters. The van der Waals surface area contributed by atoms with Crippen molar-refractivity contribution in [3.63, 3.8) is 0 Å². The number of aryl methyl sites for hydroxylation is 1. The maximum absolute atomic E-state index is 4.60. The van der Waals surface area contributed by atoms with Gasteiger partial charge in [-0.05, 0) is 34.0 Å². The summed E-state index contributed by atoms with van der Waals surface area (Å²) in [6.07, 6.45) is 1.87. The molecule has 0 aliphatic carbocycles. The Kier molecular flexibility index (Phi) is 3.49. The average Bonchev–Trinajstić information content (AvgIpc) is 3.07. The summed E-state index contributed by atoms with van der Waals surface area (Å²) >= 11 is 1.84. The van der Waals surface area contributed by atoms with E-state index in [1.54, 1.807) is 0 Å². The molecule has 1 radical (unpaired) electrons. The molecule has 0 unspecified atom stereocenters. The van der Waals surface area contributed by atoms with E-state index in [4.69, 9.17) is 0 Å². The minimum absolute atomic E-state index is 0. The van der Waals surface area contributed by atoms with E-state index in [-0.39, 0.29) is 20.1 Å². The van der Waals surface area contributed by atoms with Crippen LogP contribution >= 0.6 is 11.3 Å². The fourth-order valence-electron chi connectivity index (χ4n) is 3.35. The number of nitrogens with zero attached hydrogens (tertiary/aromatic N) is 2. The molecule has 0 amide bonds. The predicted molar refractivity (Wildman–Crippen MR) is 94.6 cm³/mol. The number of pyridine rings is 1. The standard InChI is InChI=1S/C19H13N2S.Ir/c1-2-21-15-7-5-9-20-19(15)14-10-13-12-6-3-4-8-17(12)22-18(13)11-16(14)21;/h3-9,11H,2H2,1H3;/q-1;. The Hall–Kier alpha value is -1.74. The molecular weight excluding hydrogens is 481 g/mol. The fraction of sp³-hybridized carbons (Fsp3) is 0.105. The Morgan fingerprint density at radius 2 is 1.91 bits per heavy atom. The largest absolute Gasteiger partial charge is 0.378 e. The van der Waals surface area contributed by atoms with Crippen molar-refractivity contribution in [2.45, 2.75) is 13.5 Å². The SMILES string of the molecule is CCn1c2cc3sc4ccccc4c3[c-]c2c2ncccc21.[Ir]. The quantitative estimate of drug-likeness (QED) is 0.287. The van der Waals surface area contributed by atoms with Gasteiger partial charge < -0.3 is 4.57 Å². The van der Waals surface area contributed by atoms with E-state index in [1.165, 1.54) is 31.2 Å². The third-order valence-corrected chi connectivity index (χ3v) is 5.44. The minimum Gasteiger partial charge on any atom is -0.378 e. The Labute approximate surface area is 151 Å². The molecule has 5 aromatic rings. The third kappa shape index (κ3) is 1.99. The monoisotopic (exact) mass is 494 g/mol. The first kappa shape index (κ1) is 14.8. The molecule has 3 aromatic heterocycles. The van der Waals surface area contributed by atoms with Crippen molar-refractivity contribution >= 4 is 53.4 Å². The van der Waals surface area contributed by atoms with Gasteiger partial charge in [-0.1, -0.05) is 46.5 Å². The summed E-state index contributed by atoms with van der Waals surface area (Å²) in [5.41, 5.74) is 3.48. The molecule has 4 heteroatoms. The van der Waals surface area contributed by atoms with Gasteiger partial charge in [0.1, 0.15) is 0 Å². The second kappa shape index (κ2) is 5.41. The van der Waals surface area contributed by atoms with Crippen LogP contribution in [-0.2, 0) is 26.7 Å². The van der Waals surface area contributed by atoms with Crippen molar-refractivity contribution in [3.8, 4) is 0 Å². The van der Waals surface area contributed by atoms with E-state index in [0.29, 0.717) is 0 Å². The Balaban J connectivity index is 0.00000135. The molecule has 23 heavy (non-hydrogen) atoms. The van der Waals surface area contributed by atoms with Gasteiger partial charge >= 0.3 is 0 Å². The van der Waals surface area contributed by atoms with Gasteiger partial charge in [-0.15, -0.1) is 6.07 Å². The number of fused-ring (bicyclic) bond motifs is 6. The van der Waals surface area contributed by atoms with Crippen molar-refractivity contribution in [3.05, 3.63) is 54.7 Å². The molecule has 3 heterocycles. The van der Waals surface area contributed by atoms with E-state index in [2.05, 4.69) is 58.9 Å². The zero-order valence-electron chi connectivity index (χ0n) is 12.5. The minimum atomic E-state index is 0. The van der Waals surface area contributed by atoms with Crippen LogP contribution in [0.3, 0.4) is 0 Å². The molecule has 0 spiro atoms. The summed E-state index contributed by atoms with van der Waals surface area (Å²) < 4.78 is 4.95. The van der Waals surface area contributed by atoms with Crippen LogP contribution in [0.2, 0.25) is 0 Å². The summed E-state index contributed by atoms with van der Waals surface area (Å²) in [4.78, 5) is 4.60. The van der Waals surface area contributed by atoms with Crippen LogP contribution in [0.15, 0.2) is 48.7 Å². The summed E-state index contributed by atoms with van der Waals surface area (Å²) in [6, 6.07) is 18.7. The maximum Gasteiger partial charge on any atom is 0.0297 e. The van der Waals surface area contributed by atoms with Gasteiger partial charge in [-0.25, -0.2) is 0 Å². The van der Waals surface area contributed by atoms with Crippen LogP contribution in [0.5, 0.6) is 0 Å². The normalized spacial score (nSPS) is 11.5. The van der Waals surface area contributed by atoms with E-state index in [1.807, 2.05) is 23.6 Å². The first-order chi connectivity index (χ1) is 10.9. The van der Waals surface area contributed by atoms with Crippen LogP contribution in [0.4, 0.5) is 0 Å². The number of rotatable bonds is 1. The van der Waals surface area contributed by atoms with Gasteiger partial charge in [0.25, 0.3) is 0 Å². The molecule has 115 valence electrons. The van der Waals surface area contributed by atoms with Crippen LogP contribution in [-0.4, -0.2) is 9.55 Å². The first-order valence-electron chi connectivity index (χ1n) is 7.47. The number of aromatic nitrogens is 2. The molecule has 0 N–H and O–H groups in total. The molecule has 0 aliphatic heterocycles. The predicted octanol–water partition coefficient (Wildman–Crippen LogP) is 5.37. The second-order valence-electron chi connectivity index (χ2n) is 5.48. The number of benzene rings is 2. The molecule has 0 aliphatic rings. The Morgan fingerprint density at radius 3 is 2.78 bits per heavy atom. The molecule has 0 bridgehead atoms. The number of hydrogen-bond donors (Lipinski definition) is 0. The van der Waals surface area contributed by atoms with Crippen molar-refractivity contribution in [2.24, 2.45) is 0 Å². The molecule has 0 fully saturated rings. The van der Waals surface area contributed by atoms with Gasteiger partial charge in [0.05, 0.1) is 0 Å². The van der Waals surface area contributed by atoms with Gasteiger partial charge in [0.15, 0.2) is 0 Å². The molecule has 5 rings (SSSR count). The topological polar surface area (TPSA) is 17.8 Å². The van der Waals surface area contributed by atoms with E-state index < -0.39 is 0 Å². The van der Waals surface area contributed by atoms with E-state index >= 15 is 0 Å². The number of hydrogen-bond acceptors (Lipinski definition) is 2. The molecular formula is C19H13IrN2S-. The average molecular weight is 494 g/mol. The molecule has 0 saturated carbocycles. The van der Waals surface area contributed by atoms with Crippen LogP contribution in [0.25, 0.3) is 42.1 Å². The van der Waals surface area contributed by atoms with E-state index in [9.17, 15) is 0 Å². The molecule has 2 nitrogen and oxygen atoms in total. The third-order valence-electron chi connectivity index (χ3n) is 4.32. The zero-order valence-corrected chi connectivity index (χ0v) is 15.7. The Bertz CT molecular complexity index is 1170. The smallest absolute Gasteiger partial charge is 0.0297 e. The summed E-state index contributed by atoms with van der Waals surface area (Å²) in [5.74, 6) is 0. The van der Waals surface area contributed by atoms with Crippen LogP contribution in [0.1, 0.15) is 6.92 Å².